The van der Waals surface area contributed by atoms with E-state index in [2.05, 4.69) is 65.1 Å². The van der Waals surface area contributed by atoms with E-state index in [0.717, 1.165) is 12.5 Å². The second kappa shape index (κ2) is 7.63. The van der Waals surface area contributed by atoms with Crippen molar-refractivity contribution in [3.63, 3.8) is 0 Å². The van der Waals surface area contributed by atoms with E-state index in [4.69, 9.17) is 0 Å². The van der Waals surface area contributed by atoms with Crippen LogP contribution in [0.3, 0.4) is 0 Å². The van der Waals surface area contributed by atoms with E-state index >= 15 is 0 Å². The van der Waals surface area contributed by atoms with Gasteiger partial charge in [-0.05, 0) is 61.1 Å². The van der Waals surface area contributed by atoms with E-state index < -0.39 is 0 Å². The highest BCUT2D eigenvalue weighted by atomic mass is 14.8. The zero-order chi connectivity index (χ0) is 16.1. The molecule has 21 heavy (non-hydrogen) atoms. The fourth-order valence-corrected chi connectivity index (χ4v) is 4.12. The molecule has 0 saturated carbocycles. The average molecular weight is 292 g/mol. The Bertz CT molecular complexity index is 348. The van der Waals surface area contributed by atoms with Crippen molar-refractivity contribution in [2.45, 2.75) is 67.2 Å². The molecular weight excluding hydrogens is 254 g/mol. The highest BCUT2D eigenvalue weighted by molar-refractivity contribution is 5.29. The summed E-state index contributed by atoms with van der Waals surface area (Å²) in [6, 6.07) is 0. The Hall–Kier alpha value is -0.560. The monoisotopic (exact) mass is 291 g/mol. The Morgan fingerprint density at radius 1 is 1.10 bits per heavy atom. The third-order valence-electron chi connectivity index (χ3n) is 4.53. The highest BCUT2D eigenvalue weighted by Crippen LogP contribution is 2.46. The minimum Gasteiger partial charge on any atom is -0.320 e. The lowest BCUT2D eigenvalue weighted by atomic mass is 9.62. The molecule has 0 saturated heterocycles. The topological polar surface area (TPSA) is 12.0 Å². The number of nitrogens with one attached hydrogen (secondary N) is 1. The minimum absolute atomic E-state index is 0.314. The van der Waals surface area contributed by atoms with E-state index in [-0.39, 0.29) is 0 Å². The molecule has 0 radical (unpaired) electrons. The summed E-state index contributed by atoms with van der Waals surface area (Å²) in [6.07, 6.45) is 12.6. The smallest absolute Gasteiger partial charge is 0.00519 e. The molecule has 0 spiro atoms. The first-order valence-electron chi connectivity index (χ1n) is 8.69. The van der Waals surface area contributed by atoms with E-state index in [1.165, 1.54) is 25.7 Å². The maximum Gasteiger partial charge on any atom is -0.00519 e. The van der Waals surface area contributed by atoms with Gasteiger partial charge >= 0.3 is 0 Å². The van der Waals surface area contributed by atoms with Crippen LogP contribution < -0.4 is 5.32 Å². The van der Waals surface area contributed by atoms with Crippen LogP contribution in [-0.4, -0.2) is 13.6 Å². The van der Waals surface area contributed by atoms with Crippen LogP contribution in [0.1, 0.15) is 67.2 Å². The third kappa shape index (κ3) is 5.98. The molecule has 0 bridgehead atoms. The van der Waals surface area contributed by atoms with Gasteiger partial charge in [-0.15, -0.1) is 0 Å². The summed E-state index contributed by atoms with van der Waals surface area (Å²) in [6.45, 7) is 15.4. The van der Waals surface area contributed by atoms with Crippen molar-refractivity contribution < 1.29 is 0 Å². The van der Waals surface area contributed by atoms with Crippen LogP contribution in [0.4, 0.5) is 0 Å². The first-order chi connectivity index (χ1) is 9.66. The fourth-order valence-electron chi connectivity index (χ4n) is 4.12. The van der Waals surface area contributed by atoms with Crippen molar-refractivity contribution in [2.75, 3.05) is 13.6 Å². The molecule has 1 nitrogen and oxygen atoms in total. The lowest BCUT2D eigenvalue weighted by Crippen LogP contribution is -2.34. The standard InChI is InChI=1S/C20H37N/c1-19(2,3)18(20(4,5)6)17-13-11-16(12-14-17)10-8-9-15-21-7/h11,13-14,16,18,21H,8-10,12,15H2,1-7H3. The van der Waals surface area contributed by atoms with Gasteiger partial charge in [-0.1, -0.05) is 66.2 Å². The Kier molecular flexibility index (Phi) is 6.71. The Balaban J connectivity index is 2.63. The molecule has 0 heterocycles. The first kappa shape index (κ1) is 18.5. The molecule has 1 rings (SSSR count). The summed E-state index contributed by atoms with van der Waals surface area (Å²) in [5.41, 5.74) is 2.18. The molecule has 0 aromatic rings. The molecule has 0 aromatic heterocycles. The molecule has 1 aliphatic carbocycles. The number of hydrogen-bond donors (Lipinski definition) is 1. The molecule has 1 unspecified atom stereocenters. The van der Waals surface area contributed by atoms with Crippen molar-refractivity contribution in [1.29, 1.82) is 0 Å². The summed E-state index contributed by atoms with van der Waals surface area (Å²) >= 11 is 0. The lowest BCUT2D eigenvalue weighted by Gasteiger charge is -2.42. The maximum atomic E-state index is 3.23. The van der Waals surface area contributed by atoms with Crippen LogP contribution in [0, 0.1) is 22.7 Å². The third-order valence-corrected chi connectivity index (χ3v) is 4.53. The van der Waals surface area contributed by atoms with E-state index in [9.17, 15) is 0 Å². The lowest BCUT2D eigenvalue weighted by molar-refractivity contribution is 0.139. The Morgan fingerprint density at radius 2 is 1.71 bits per heavy atom. The molecule has 0 aliphatic heterocycles. The molecule has 1 atom stereocenters. The van der Waals surface area contributed by atoms with E-state index in [0.29, 0.717) is 16.7 Å². The molecule has 1 aliphatic rings. The second-order valence-corrected chi connectivity index (χ2v) is 8.82. The van der Waals surface area contributed by atoms with Crippen molar-refractivity contribution in [3.05, 3.63) is 23.8 Å². The molecule has 0 aromatic carbocycles. The van der Waals surface area contributed by atoms with Crippen LogP contribution in [0.15, 0.2) is 23.8 Å². The minimum atomic E-state index is 0.314. The van der Waals surface area contributed by atoms with Crippen molar-refractivity contribution >= 4 is 0 Å². The Labute approximate surface area is 133 Å². The molecule has 1 heteroatoms. The van der Waals surface area contributed by atoms with Gasteiger partial charge in [0.05, 0.1) is 0 Å². The number of hydrogen-bond acceptors (Lipinski definition) is 1. The van der Waals surface area contributed by atoms with Crippen LogP contribution in [0.5, 0.6) is 0 Å². The van der Waals surface area contributed by atoms with Gasteiger partial charge in [-0.3, -0.25) is 0 Å². The van der Waals surface area contributed by atoms with Gasteiger partial charge in [0.15, 0.2) is 0 Å². The zero-order valence-corrected chi connectivity index (χ0v) is 15.4. The van der Waals surface area contributed by atoms with Crippen LogP contribution in [-0.2, 0) is 0 Å². The largest absolute Gasteiger partial charge is 0.320 e. The normalized spacial score (nSPS) is 20.0. The Morgan fingerprint density at radius 3 is 2.14 bits per heavy atom. The summed E-state index contributed by atoms with van der Waals surface area (Å²) < 4.78 is 0. The predicted molar refractivity (Wildman–Crippen MR) is 95.5 cm³/mol. The average Bonchev–Trinajstić information content (AvgIpc) is 2.33. The van der Waals surface area contributed by atoms with Gasteiger partial charge in [0.1, 0.15) is 0 Å². The van der Waals surface area contributed by atoms with Gasteiger partial charge < -0.3 is 5.32 Å². The fraction of sp³-hybridized carbons (Fsp3) is 0.800. The van der Waals surface area contributed by atoms with Gasteiger partial charge in [0.2, 0.25) is 0 Å². The molecular formula is C20H37N. The van der Waals surface area contributed by atoms with Crippen molar-refractivity contribution in [1.82, 2.24) is 5.32 Å². The zero-order valence-electron chi connectivity index (χ0n) is 15.4. The van der Waals surface area contributed by atoms with Crippen LogP contribution in [0.25, 0.3) is 0 Å². The molecule has 122 valence electrons. The maximum absolute atomic E-state index is 3.23. The van der Waals surface area contributed by atoms with Crippen LogP contribution in [0.2, 0.25) is 0 Å². The van der Waals surface area contributed by atoms with E-state index in [1.54, 1.807) is 5.57 Å². The summed E-state index contributed by atoms with van der Waals surface area (Å²) in [5.74, 6) is 1.37. The molecule has 0 fully saturated rings. The summed E-state index contributed by atoms with van der Waals surface area (Å²) in [7, 11) is 2.04. The summed E-state index contributed by atoms with van der Waals surface area (Å²) in [5, 5.41) is 3.23. The van der Waals surface area contributed by atoms with Gasteiger partial charge in [0, 0.05) is 0 Å². The van der Waals surface area contributed by atoms with E-state index in [1.807, 2.05) is 7.05 Å². The summed E-state index contributed by atoms with van der Waals surface area (Å²) in [4.78, 5) is 0. The number of unbranched alkanes of at least 4 members (excludes halogenated alkanes) is 1. The number of rotatable bonds is 6. The second-order valence-electron chi connectivity index (χ2n) is 8.82. The predicted octanol–water partition coefficient (Wildman–Crippen LogP) is 5.59. The van der Waals surface area contributed by atoms with Crippen molar-refractivity contribution in [2.24, 2.45) is 22.7 Å². The number of allylic oxidation sites excluding steroid dienone is 4. The molecule has 1 N–H and O–H groups in total. The first-order valence-corrected chi connectivity index (χ1v) is 8.69. The van der Waals surface area contributed by atoms with Crippen molar-refractivity contribution in [3.8, 4) is 0 Å². The van der Waals surface area contributed by atoms with Crippen LogP contribution >= 0.6 is 0 Å². The quantitative estimate of drug-likeness (QED) is 0.629. The SMILES string of the molecule is CNCCCCC1C=CC(C(C(C)(C)C)C(C)(C)C)=CC1. The van der Waals surface area contributed by atoms with Gasteiger partial charge in [-0.25, -0.2) is 0 Å². The van der Waals surface area contributed by atoms with Gasteiger partial charge in [0.25, 0.3) is 0 Å². The van der Waals surface area contributed by atoms with Gasteiger partial charge in [-0.2, -0.15) is 0 Å². The highest BCUT2D eigenvalue weighted by Gasteiger charge is 2.37. The molecule has 0 amide bonds.